The topological polar surface area (TPSA) is 24.7 Å². The first-order valence-corrected chi connectivity index (χ1v) is 11.9. The molecule has 3 heterocycles. The van der Waals surface area contributed by atoms with Crippen molar-refractivity contribution >= 4 is 44.1 Å². The van der Waals surface area contributed by atoms with Gasteiger partial charge >= 0.3 is 0 Å². The number of nitrogens with zero attached hydrogens (tertiary/aromatic N) is 2. The van der Waals surface area contributed by atoms with Crippen LogP contribution in [0.4, 0.5) is 18.8 Å². The molecule has 0 saturated heterocycles. The third-order valence-electron chi connectivity index (χ3n) is 5.83. The van der Waals surface area contributed by atoms with E-state index in [0.29, 0.717) is 22.6 Å². The van der Waals surface area contributed by atoms with Crippen molar-refractivity contribution in [3.8, 4) is 0 Å². The average Bonchev–Trinajstić information content (AvgIpc) is 3.17. The van der Waals surface area contributed by atoms with Crippen LogP contribution in [-0.4, -0.2) is 11.4 Å². The third-order valence-corrected chi connectivity index (χ3v) is 8.03. The normalized spacial score (nSPS) is 16.3. The van der Waals surface area contributed by atoms with Gasteiger partial charge in [-0.25, -0.2) is 18.8 Å². The number of fused-ring (bicyclic) bond motifs is 2. The van der Waals surface area contributed by atoms with Crippen LogP contribution in [0.3, 0.4) is 0 Å². The number of hydrogen-bond acceptors (Lipinski definition) is 4. The highest BCUT2D eigenvalue weighted by molar-refractivity contribution is 7.17. The predicted octanol–water partition coefficient (Wildman–Crippen LogP) is 7.97. The van der Waals surface area contributed by atoms with Gasteiger partial charge in [0.25, 0.3) is 0 Å². The summed E-state index contributed by atoms with van der Waals surface area (Å²) in [6, 6.07) is 13.1. The molecule has 0 radical (unpaired) electrons. The second-order valence-corrected chi connectivity index (χ2v) is 10.3. The minimum absolute atomic E-state index is 0.305. The van der Waals surface area contributed by atoms with Crippen molar-refractivity contribution in [1.82, 2.24) is 0 Å². The van der Waals surface area contributed by atoms with Crippen LogP contribution < -0.4 is 0 Å². The zero-order valence-corrected chi connectivity index (χ0v) is 19.7. The Morgan fingerprint density at radius 1 is 0.625 bits per heavy atom. The Kier molecular flexibility index (Phi) is 5.14. The monoisotopic (exact) mass is 462 g/mol. The average molecular weight is 463 g/mol. The molecule has 5 rings (SSSR count). The zero-order valence-electron chi connectivity index (χ0n) is 18.1. The van der Waals surface area contributed by atoms with Crippen LogP contribution in [0.2, 0.25) is 0 Å². The van der Waals surface area contributed by atoms with Gasteiger partial charge in [0, 0.05) is 32.0 Å². The van der Waals surface area contributed by atoms with Gasteiger partial charge in [-0.1, -0.05) is 24.3 Å². The molecule has 2 aromatic carbocycles. The van der Waals surface area contributed by atoms with Gasteiger partial charge in [0.2, 0.25) is 0 Å². The molecule has 0 atom stereocenters. The molecule has 2 aromatic heterocycles. The highest BCUT2D eigenvalue weighted by Gasteiger charge is 2.27. The smallest absolute Gasteiger partial charge is 0.126 e. The lowest BCUT2D eigenvalue weighted by molar-refractivity contribution is 0.627. The number of aliphatic imine (C=N–C) groups is 2. The van der Waals surface area contributed by atoms with E-state index in [4.69, 9.17) is 9.98 Å². The van der Waals surface area contributed by atoms with Crippen molar-refractivity contribution in [2.45, 2.75) is 27.7 Å². The summed E-state index contributed by atoms with van der Waals surface area (Å²) in [7, 11) is 0. The Morgan fingerprint density at radius 3 is 1.41 bits per heavy atom. The molecule has 0 saturated carbocycles. The van der Waals surface area contributed by atoms with E-state index >= 15 is 0 Å². The number of halogens is 2. The van der Waals surface area contributed by atoms with Gasteiger partial charge < -0.3 is 0 Å². The fourth-order valence-electron chi connectivity index (χ4n) is 3.94. The molecular formula is C26H20F2N2S2. The summed E-state index contributed by atoms with van der Waals surface area (Å²) in [5, 5.41) is 1.60. The molecule has 4 aromatic rings. The van der Waals surface area contributed by atoms with Gasteiger partial charge in [-0.05, 0) is 63.1 Å². The molecule has 32 heavy (non-hydrogen) atoms. The largest absolute Gasteiger partial charge is 0.236 e. The van der Waals surface area contributed by atoms with Crippen LogP contribution in [0.15, 0.2) is 58.5 Å². The number of thiophene rings is 2. The molecule has 0 aliphatic carbocycles. The van der Waals surface area contributed by atoms with Crippen molar-refractivity contribution in [1.29, 1.82) is 0 Å². The molecule has 0 fully saturated rings. The first-order chi connectivity index (χ1) is 15.3. The zero-order chi connectivity index (χ0) is 22.6. The summed E-state index contributed by atoms with van der Waals surface area (Å²) in [4.78, 5) is 12.5. The van der Waals surface area contributed by atoms with E-state index in [1.807, 2.05) is 26.0 Å². The van der Waals surface area contributed by atoms with Crippen molar-refractivity contribution in [3.05, 3.63) is 103 Å². The maximum Gasteiger partial charge on any atom is 0.126 e. The molecule has 0 bridgehead atoms. The SMILES string of the molecule is Cc1sc2c(c1C)/C(c1cccc(F)c1)=N\c1sc(C)c(C)c1/C(c1cccc(F)c1)=N\2. The van der Waals surface area contributed by atoms with Crippen LogP contribution >= 0.6 is 22.7 Å². The second kappa shape index (κ2) is 7.87. The van der Waals surface area contributed by atoms with Crippen LogP contribution in [0.5, 0.6) is 0 Å². The van der Waals surface area contributed by atoms with Gasteiger partial charge in [-0.15, -0.1) is 22.7 Å². The minimum Gasteiger partial charge on any atom is -0.236 e. The minimum atomic E-state index is -0.305. The molecule has 1 aliphatic rings. The van der Waals surface area contributed by atoms with Gasteiger partial charge in [0.15, 0.2) is 0 Å². The molecule has 2 nitrogen and oxygen atoms in total. The lowest BCUT2D eigenvalue weighted by atomic mass is 9.96. The van der Waals surface area contributed by atoms with E-state index in [0.717, 1.165) is 42.0 Å². The fourth-order valence-corrected chi connectivity index (χ4v) is 6.01. The Balaban J connectivity index is 1.88. The summed E-state index contributed by atoms with van der Waals surface area (Å²) in [5.41, 5.74) is 6.81. The number of hydrogen-bond donors (Lipinski definition) is 0. The Morgan fingerprint density at radius 2 is 1.03 bits per heavy atom. The fraction of sp³-hybridized carbons (Fsp3) is 0.154. The standard InChI is InChI=1S/C26H20F2N2S2/c1-13-15(3)31-25-21(13)23(17-7-5-9-19(27)11-17)29-26-22(14(2)16(4)32-26)24(30-25)18-8-6-10-20(28)12-18/h5-12H,1-4H3/b23-21?,24-22?,29-23-,29-26?,30-24-,30-25?. The Hall–Kier alpha value is -2.96. The van der Waals surface area contributed by atoms with Crippen LogP contribution in [0.25, 0.3) is 0 Å². The van der Waals surface area contributed by atoms with E-state index in [-0.39, 0.29) is 11.6 Å². The lowest BCUT2D eigenvalue weighted by Gasteiger charge is -2.15. The summed E-state index contributed by atoms with van der Waals surface area (Å²) in [5.74, 6) is -0.609. The number of rotatable bonds is 2. The number of benzene rings is 2. The Labute approximate surface area is 193 Å². The predicted molar refractivity (Wildman–Crippen MR) is 131 cm³/mol. The van der Waals surface area contributed by atoms with Crippen molar-refractivity contribution in [2.24, 2.45) is 9.98 Å². The highest BCUT2D eigenvalue weighted by Crippen LogP contribution is 2.44. The van der Waals surface area contributed by atoms with Gasteiger partial charge in [0.05, 0.1) is 11.4 Å². The maximum atomic E-state index is 14.2. The van der Waals surface area contributed by atoms with Crippen molar-refractivity contribution in [2.75, 3.05) is 0 Å². The van der Waals surface area contributed by atoms with Crippen molar-refractivity contribution < 1.29 is 8.78 Å². The van der Waals surface area contributed by atoms with E-state index in [2.05, 4.69) is 13.8 Å². The van der Waals surface area contributed by atoms with Crippen LogP contribution in [0, 0.1) is 39.3 Å². The summed E-state index contributed by atoms with van der Waals surface area (Å²) in [6.45, 7) is 8.20. The van der Waals surface area contributed by atoms with E-state index in [1.165, 1.54) is 24.3 Å². The van der Waals surface area contributed by atoms with Crippen LogP contribution in [0.1, 0.15) is 43.1 Å². The van der Waals surface area contributed by atoms with E-state index < -0.39 is 0 Å². The maximum absolute atomic E-state index is 14.2. The quantitative estimate of drug-likeness (QED) is 0.254. The third kappa shape index (κ3) is 3.44. The molecule has 0 N–H and O–H groups in total. The molecule has 0 spiro atoms. The second-order valence-electron chi connectivity index (χ2n) is 7.87. The molecule has 0 unspecified atom stereocenters. The summed E-state index contributed by atoms with van der Waals surface area (Å²) >= 11 is 3.16. The van der Waals surface area contributed by atoms with Gasteiger partial charge in [0.1, 0.15) is 21.6 Å². The van der Waals surface area contributed by atoms with E-state index in [9.17, 15) is 8.78 Å². The van der Waals surface area contributed by atoms with Gasteiger partial charge in [-0.2, -0.15) is 0 Å². The Bertz CT molecular complexity index is 1330. The molecular weight excluding hydrogens is 442 g/mol. The number of aryl methyl sites for hydroxylation is 2. The summed E-state index contributed by atoms with van der Waals surface area (Å²) < 4.78 is 28.3. The van der Waals surface area contributed by atoms with Crippen molar-refractivity contribution in [3.63, 3.8) is 0 Å². The first-order valence-electron chi connectivity index (χ1n) is 10.2. The van der Waals surface area contributed by atoms with Crippen LogP contribution in [-0.2, 0) is 0 Å². The molecule has 1 aliphatic heterocycles. The lowest BCUT2D eigenvalue weighted by Crippen LogP contribution is -2.10. The molecule has 160 valence electrons. The van der Waals surface area contributed by atoms with Gasteiger partial charge in [-0.3, -0.25) is 0 Å². The van der Waals surface area contributed by atoms with E-state index in [1.54, 1.807) is 34.8 Å². The highest BCUT2D eigenvalue weighted by atomic mass is 32.1. The molecule has 6 heteroatoms. The molecule has 0 amide bonds. The first kappa shape index (κ1) is 20.9. The summed E-state index contributed by atoms with van der Waals surface area (Å²) in [6.07, 6.45) is 0.